The standard InChI is InChI=1S/C19H20ClNO/c1-14(16-7-9-17(20)10-8-16)21(18-11-12-18)19(22)13-15-5-3-2-4-6-15/h2-10,14,18H,11-13H2,1H3. The van der Waals surface area contributed by atoms with E-state index in [-0.39, 0.29) is 11.9 Å². The number of halogens is 1. The number of carbonyl (C=O) groups excluding carboxylic acids is 1. The van der Waals surface area contributed by atoms with Crippen LogP contribution in [0, 0.1) is 0 Å². The Morgan fingerprint density at radius 2 is 1.77 bits per heavy atom. The van der Waals surface area contributed by atoms with Crippen LogP contribution in [0.1, 0.15) is 36.9 Å². The first-order valence-corrected chi connectivity index (χ1v) is 8.13. The molecular weight excluding hydrogens is 294 g/mol. The van der Waals surface area contributed by atoms with Crippen LogP contribution in [-0.4, -0.2) is 16.8 Å². The van der Waals surface area contributed by atoms with Crippen LogP contribution in [0.2, 0.25) is 5.02 Å². The Morgan fingerprint density at radius 1 is 1.14 bits per heavy atom. The number of hydrogen-bond acceptors (Lipinski definition) is 1. The van der Waals surface area contributed by atoms with Gasteiger partial charge in [0.2, 0.25) is 5.91 Å². The fraction of sp³-hybridized carbons (Fsp3) is 0.316. The lowest BCUT2D eigenvalue weighted by atomic mass is 10.0. The number of benzene rings is 2. The molecule has 0 spiro atoms. The minimum absolute atomic E-state index is 0.0842. The van der Waals surface area contributed by atoms with Gasteiger partial charge in [0.1, 0.15) is 0 Å². The lowest BCUT2D eigenvalue weighted by Crippen LogP contribution is -2.36. The molecular formula is C19H20ClNO. The maximum Gasteiger partial charge on any atom is 0.227 e. The molecule has 3 rings (SSSR count). The fourth-order valence-corrected chi connectivity index (χ4v) is 2.98. The zero-order chi connectivity index (χ0) is 15.5. The van der Waals surface area contributed by atoms with E-state index < -0.39 is 0 Å². The molecule has 1 atom stereocenters. The van der Waals surface area contributed by atoms with Gasteiger partial charge in [0.05, 0.1) is 12.5 Å². The van der Waals surface area contributed by atoms with E-state index >= 15 is 0 Å². The second-order valence-electron chi connectivity index (χ2n) is 5.92. The molecule has 0 radical (unpaired) electrons. The van der Waals surface area contributed by atoms with Crippen LogP contribution in [0.15, 0.2) is 54.6 Å². The van der Waals surface area contributed by atoms with Crippen LogP contribution in [0.25, 0.3) is 0 Å². The van der Waals surface area contributed by atoms with Crippen LogP contribution < -0.4 is 0 Å². The fourth-order valence-electron chi connectivity index (χ4n) is 2.85. The number of nitrogens with zero attached hydrogens (tertiary/aromatic N) is 1. The van der Waals surface area contributed by atoms with Crippen molar-refractivity contribution >= 4 is 17.5 Å². The summed E-state index contributed by atoms with van der Waals surface area (Å²) < 4.78 is 0. The van der Waals surface area contributed by atoms with E-state index in [1.807, 2.05) is 54.6 Å². The Labute approximate surface area is 136 Å². The van der Waals surface area contributed by atoms with Gasteiger partial charge < -0.3 is 4.90 Å². The number of carbonyl (C=O) groups is 1. The minimum Gasteiger partial charge on any atom is -0.333 e. The quantitative estimate of drug-likeness (QED) is 0.787. The zero-order valence-electron chi connectivity index (χ0n) is 12.7. The van der Waals surface area contributed by atoms with Gasteiger partial charge in [0, 0.05) is 11.1 Å². The molecule has 0 N–H and O–H groups in total. The average molecular weight is 314 g/mol. The number of hydrogen-bond donors (Lipinski definition) is 0. The Morgan fingerprint density at radius 3 is 2.36 bits per heavy atom. The van der Waals surface area contributed by atoms with Gasteiger partial charge in [0.25, 0.3) is 0 Å². The molecule has 1 aliphatic rings. The molecule has 0 aliphatic heterocycles. The van der Waals surface area contributed by atoms with Gasteiger partial charge in [-0.05, 0) is 43.0 Å². The number of amides is 1. The summed E-state index contributed by atoms with van der Waals surface area (Å²) in [5.74, 6) is 0.205. The van der Waals surface area contributed by atoms with Gasteiger partial charge in [-0.2, -0.15) is 0 Å². The van der Waals surface area contributed by atoms with Crippen molar-refractivity contribution in [3.63, 3.8) is 0 Å². The van der Waals surface area contributed by atoms with Crippen LogP contribution in [0.4, 0.5) is 0 Å². The summed E-state index contributed by atoms with van der Waals surface area (Å²) in [6.45, 7) is 2.10. The molecule has 2 aromatic carbocycles. The normalized spacial score (nSPS) is 15.4. The molecule has 2 aromatic rings. The smallest absolute Gasteiger partial charge is 0.227 e. The van der Waals surface area contributed by atoms with Crippen molar-refractivity contribution in [2.75, 3.05) is 0 Å². The molecule has 0 heterocycles. The molecule has 2 nitrogen and oxygen atoms in total. The van der Waals surface area contributed by atoms with Crippen molar-refractivity contribution in [3.05, 3.63) is 70.7 Å². The van der Waals surface area contributed by atoms with Crippen LogP contribution in [-0.2, 0) is 11.2 Å². The first-order chi connectivity index (χ1) is 10.6. The summed E-state index contributed by atoms with van der Waals surface area (Å²) in [4.78, 5) is 14.8. The molecule has 0 aromatic heterocycles. The van der Waals surface area contributed by atoms with Crippen LogP contribution >= 0.6 is 11.6 Å². The zero-order valence-corrected chi connectivity index (χ0v) is 13.5. The van der Waals surface area contributed by atoms with Gasteiger partial charge in [-0.1, -0.05) is 54.1 Å². The molecule has 1 unspecified atom stereocenters. The van der Waals surface area contributed by atoms with Crippen LogP contribution in [0.3, 0.4) is 0 Å². The lowest BCUT2D eigenvalue weighted by molar-refractivity contribution is -0.133. The number of rotatable bonds is 5. The van der Waals surface area contributed by atoms with E-state index in [0.29, 0.717) is 12.5 Å². The lowest BCUT2D eigenvalue weighted by Gasteiger charge is -2.30. The molecule has 22 heavy (non-hydrogen) atoms. The molecule has 1 fully saturated rings. The highest BCUT2D eigenvalue weighted by molar-refractivity contribution is 6.30. The van der Waals surface area contributed by atoms with Gasteiger partial charge in [-0.25, -0.2) is 0 Å². The first-order valence-electron chi connectivity index (χ1n) is 7.75. The van der Waals surface area contributed by atoms with Crippen molar-refractivity contribution in [2.24, 2.45) is 0 Å². The predicted octanol–water partition coefficient (Wildman–Crippen LogP) is 4.63. The molecule has 1 aliphatic carbocycles. The summed E-state index contributed by atoms with van der Waals surface area (Å²) in [5.41, 5.74) is 2.21. The Kier molecular flexibility index (Phi) is 4.49. The summed E-state index contributed by atoms with van der Waals surface area (Å²) in [7, 11) is 0. The van der Waals surface area contributed by atoms with Crippen LogP contribution in [0.5, 0.6) is 0 Å². The van der Waals surface area contributed by atoms with Crippen molar-refractivity contribution in [1.82, 2.24) is 4.90 Å². The minimum atomic E-state index is 0.0842. The first kappa shape index (κ1) is 15.1. The van der Waals surface area contributed by atoms with E-state index in [0.717, 1.165) is 29.0 Å². The molecule has 3 heteroatoms. The van der Waals surface area contributed by atoms with Gasteiger partial charge >= 0.3 is 0 Å². The van der Waals surface area contributed by atoms with Crippen molar-refractivity contribution < 1.29 is 4.79 Å². The van der Waals surface area contributed by atoms with E-state index in [2.05, 4.69) is 11.8 Å². The van der Waals surface area contributed by atoms with E-state index in [1.165, 1.54) is 0 Å². The SMILES string of the molecule is CC(c1ccc(Cl)cc1)N(C(=O)Cc1ccccc1)C1CC1. The second-order valence-corrected chi connectivity index (χ2v) is 6.36. The summed E-state index contributed by atoms with van der Waals surface area (Å²) >= 11 is 5.96. The van der Waals surface area contributed by atoms with Crippen molar-refractivity contribution in [2.45, 2.75) is 38.3 Å². The van der Waals surface area contributed by atoms with Gasteiger partial charge in [-0.15, -0.1) is 0 Å². The molecule has 1 amide bonds. The van der Waals surface area contributed by atoms with Gasteiger partial charge in [0.15, 0.2) is 0 Å². The Balaban J connectivity index is 1.77. The highest BCUT2D eigenvalue weighted by Gasteiger charge is 2.35. The van der Waals surface area contributed by atoms with E-state index in [1.54, 1.807) is 0 Å². The third-order valence-electron chi connectivity index (χ3n) is 4.20. The third-order valence-corrected chi connectivity index (χ3v) is 4.45. The monoisotopic (exact) mass is 313 g/mol. The maximum atomic E-state index is 12.8. The summed E-state index contributed by atoms with van der Waals surface area (Å²) in [6, 6.07) is 18.2. The van der Waals surface area contributed by atoms with Crippen molar-refractivity contribution in [1.29, 1.82) is 0 Å². The topological polar surface area (TPSA) is 20.3 Å². The van der Waals surface area contributed by atoms with E-state index in [9.17, 15) is 4.79 Å². The summed E-state index contributed by atoms with van der Waals surface area (Å²) in [5, 5.41) is 0.726. The Hall–Kier alpha value is -1.80. The molecule has 0 bridgehead atoms. The molecule has 1 saturated carbocycles. The van der Waals surface area contributed by atoms with Gasteiger partial charge in [-0.3, -0.25) is 4.79 Å². The predicted molar refractivity (Wildman–Crippen MR) is 89.9 cm³/mol. The average Bonchev–Trinajstić information content (AvgIpc) is 3.34. The largest absolute Gasteiger partial charge is 0.333 e. The summed E-state index contributed by atoms with van der Waals surface area (Å²) in [6.07, 6.45) is 2.69. The molecule has 114 valence electrons. The highest BCUT2D eigenvalue weighted by Crippen LogP contribution is 2.35. The third kappa shape index (κ3) is 3.50. The maximum absolute atomic E-state index is 12.8. The molecule has 0 saturated heterocycles. The van der Waals surface area contributed by atoms with E-state index in [4.69, 9.17) is 11.6 Å². The second kappa shape index (κ2) is 6.53. The van der Waals surface area contributed by atoms with Crippen molar-refractivity contribution in [3.8, 4) is 0 Å². The Bertz CT molecular complexity index is 634. The highest BCUT2D eigenvalue weighted by atomic mass is 35.5.